The first kappa shape index (κ1) is 19.2. The topological polar surface area (TPSA) is 114 Å². The molecule has 3 rings (SSSR count). The van der Waals surface area contributed by atoms with E-state index in [1.54, 1.807) is 24.3 Å². The predicted molar refractivity (Wildman–Crippen MR) is 104 cm³/mol. The van der Waals surface area contributed by atoms with E-state index < -0.39 is 4.92 Å². The van der Waals surface area contributed by atoms with Gasteiger partial charge in [0.25, 0.3) is 5.69 Å². The van der Waals surface area contributed by atoms with Crippen molar-refractivity contribution in [1.29, 1.82) is 0 Å². The Kier molecular flexibility index (Phi) is 5.94. The number of non-ortho nitro benzene ring substituents is 1. The molecule has 0 fully saturated rings. The standard InChI is InChI=1S/C16H11Cl2N5O3S/c17-10-3-1-9(2-4-10)15-20-16(22-21-15)27-8-14(24)19-13-6-5-11(23(25)26)7-12(13)18/h1-7H,8H2,(H,19,24)(H,20,21,22). The minimum Gasteiger partial charge on any atom is -0.324 e. The lowest BCUT2D eigenvalue weighted by atomic mass is 10.2. The van der Waals surface area contributed by atoms with Gasteiger partial charge >= 0.3 is 0 Å². The van der Waals surface area contributed by atoms with Gasteiger partial charge in [-0.3, -0.25) is 20.0 Å². The summed E-state index contributed by atoms with van der Waals surface area (Å²) in [5, 5.41) is 21.3. The summed E-state index contributed by atoms with van der Waals surface area (Å²) in [4.78, 5) is 26.5. The van der Waals surface area contributed by atoms with Crippen LogP contribution in [-0.2, 0) is 4.79 Å². The lowest BCUT2D eigenvalue weighted by Gasteiger charge is -2.06. The molecule has 0 atom stereocenters. The first-order chi connectivity index (χ1) is 12.9. The van der Waals surface area contributed by atoms with Crippen molar-refractivity contribution in [3.8, 4) is 11.4 Å². The second-order valence-corrected chi connectivity index (χ2v) is 7.02. The SMILES string of the molecule is O=C(CSc1n[nH]c(-c2ccc(Cl)cc2)n1)Nc1ccc([N+](=O)[O-])cc1Cl. The molecule has 1 aromatic heterocycles. The Labute approximate surface area is 167 Å². The van der Waals surface area contributed by atoms with Crippen LogP contribution >= 0.6 is 35.0 Å². The van der Waals surface area contributed by atoms with Crippen LogP contribution in [0.1, 0.15) is 0 Å². The number of carbonyl (C=O) groups excluding carboxylic acids is 1. The highest BCUT2D eigenvalue weighted by molar-refractivity contribution is 7.99. The number of rotatable bonds is 6. The Balaban J connectivity index is 1.58. The van der Waals surface area contributed by atoms with Gasteiger partial charge in [-0.15, -0.1) is 5.10 Å². The number of thioether (sulfide) groups is 1. The van der Waals surface area contributed by atoms with Crippen LogP contribution in [0.3, 0.4) is 0 Å². The van der Waals surface area contributed by atoms with Crippen molar-refractivity contribution in [3.05, 3.63) is 62.6 Å². The van der Waals surface area contributed by atoms with E-state index >= 15 is 0 Å². The average Bonchev–Trinajstić information content (AvgIpc) is 3.11. The number of hydrogen-bond acceptors (Lipinski definition) is 6. The molecule has 1 amide bonds. The smallest absolute Gasteiger partial charge is 0.271 e. The van der Waals surface area contributed by atoms with Crippen LogP contribution in [0, 0.1) is 10.1 Å². The van der Waals surface area contributed by atoms with Gasteiger partial charge in [0.15, 0.2) is 5.82 Å². The molecule has 0 bridgehead atoms. The molecule has 2 N–H and O–H groups in total. The van der Waals surface area contributed by atoms with Crippen LogP contribution in [0.5, 0.6) is 0 Å². The summed E-state index contributed by atoms with van der Waals surface area (Å²) in [5.41, 5.74) is 0.966. The Morgan fingerprint density at radius 3 is 2.63 bits per heavy atom. The van der Waals surface area contributed by atoms with E-state index in [0.29, 0.717) is 21.7 Å². The summed E-state index contributed by atoms with van der Waals surface area (Å²) in [7, 11) is 0. The second-order valence-electron chi connectivity index (χ2n) is 5.23. The highest BCUT2D eigenvalue weighted by atomic mass is 35.5. The van der Waals surface area contributed by atoms with Crippen molar-refractivity contribution in [2.24, 2.45) is 0 Å². The summed E-state index contributed by atoms with van der Waals surface area (Å²) in [5.74, 6) is 0.271. The van der Waals surface area contributed by atoms with Crippen LogP contribution in [0.15, 0.2) is 47.6 Å². The lowest BCUT2D eigenvalue weighted by molar-refractivity contribution is -0.384. The van der Waals surface area contributed by atoms with Crippen molar-refractivity contribution in [2.75, 3.05) is 11.1 Å². The number of hydrogen-bond donors (Lipinski definition) is 2. The number of carbonyl (C=O) groups is 1. The summed E-state index contributed by atoms with van der Waals surface area (Å²) in [6.45, 7) is 0. The zero-order valence-corrected chi connectivity index (χ0v) is 15.8. The van der Waals surface area contributed by atoms with Gasteiger partial charge < -0.3 is 5.32 Å². The molecule has 27 heavy (non-hydrogen) atoms. The number of anilines is 1. The molecule has 0 radical (unpaired) electrons. The number of benzene rings is 2. The van der Waals surface area contributed by atoms with Crippen molar-refractivity contribution in [2.45, 2.75) is 5.16 Å². The molecule has 0 aliphatic rings. The van der Waals surface area contributed by atoms with Gasteiger partial charge in [-0.1, -0.05) is 35.0 Å². The number of aromatic amines is 1. The highest BCUT2D eigenvalue weighted by Crippen LogP contribution is 2.27. The molecule has 0 saturated heterocycles. The molecule has 3 aromatic rings. The first-order valence-electron chi connectivity index (χ1n) is 7.47. The summed E-state index contributed by atoms with van der Waals surface area (Å²) in [6, 6.07) is 10.9. The molecule has 0 aliphatic heterocycles. The average molecular weight is 424 g/mol. The van der Waals surface area contributed by atoms with Crippen LogP contribution in [0.2, 0.25) is 10.0 Å². The zero-order valence-electron chi connectivity index (χ0n) is 13.5. The quantitative estimate of drug-likeness (QED) is 0.344. The first-order valence-corrected chi connectivity index (χ1v) is 9.21. The lowest BCUT2D eigenvalue weighted by Crippen LogP contribution is -2.14. The zero-order chi connectivity index (χ0) is 19.4. The van der Waals surface area contributed by atoms with Gasteiger partial charge in [0.05, 0.1) is 21.4 Å². The molecule has 138 valence electrons. The Morgan fingerprint density at radius 2 is 1.96 bits per heavy atom. The van der Waals surface area contributed by atoms with E-state index in [0.717, 1.165) is 17.3 Å². The Morgan fingerprint density at radius 1 is 1.22 bits per heavy atom. The minimum atomic E-state index is -0.561. The largest absolute Gasteiger partial charge is 0.324 e. The molecule has 11 heteroatoms. The number of aromatic nitrogens is 3. The third-order valence-corrected chi connectivity index (χ3v) is 4.76. The molecular formula is C16H11Cl2N5O3S. The van der Waals surface area contributed by atoms with E-state index in [4.69, 9.17) is 23.2 Å². The summed E-state index contributed by atoms with van der Waals surface area (Å²) in [6.07, 6.45) is 0. The molecule has 0 spiro atoms. The van der Waals surface area contributed by atoms with E-state index in [9.17, 15) is 14.9 Å². The Hall–Kier alpha value is -2.62. The fourth-order valence-corrected chi connectivity index (χ4v) is 3.03. The van der Waals surface area contributed by atoms with Crippen molar-refractivity contribution >= 4 is 52.2 Å². The molecule has 1 heterocycles. The fourth-order valence-electron chi connectivity index (χ4n) is 2.08. The number of H-pyrrole nitrogens is 1. The van der Waals surface area contributed by atoms with E-state index in [-0.39, 0.29) is 22.4 Å². The maximum absolute atomic E-state index is 12.1. The van der Waals surface area contributed by atoms with Gasteiger partial charge in [0.2, 0.25) is 11.1 Å². The summed E-state index contributed by atoms with van der Waals surface area (Å²) < 4.78 is 0. The number of nitro benzene ring substituents is 1. The third kappa shape index (κ3) is 4.97. The molecule has 0 aliphatic carbocycles. The van der Waals surface area contributed by atoms with Gasteiger partial charge in [0.1, 0.15) is 0 Å². The van der Waals surface area contributed by atoms with Gasteiger partial charge in [-0.25, -0.2) is 4.98 Å². The third-order valence-electron chi connectivity index (χ3n) is 3.35. The Bertz CT molecular complexity index is 994. The molecular weight excluding hydrogens is 413 g/mol. The molecule has 0 saturated carbocycles. The molecule has 2 aromatic carbocycles. The maximum atomic E-state index is 12.1. The number of amides is 1. The normalized spacial score (nSPS) is 10.6. The number of halogens is 2. The van der Waals surface area contributed by atoms with Crippen LogP contribution in [0.25, 0.3) is 11.4 Å². The minimum absolute atomic E-state index is 0.0469. The van der Waals surface area contributed by atoms with Gasteiger partial charge in [-0.05, 0) is 30.3 Å². The summed E-state index contributed by atoms with van der Waals surface area (Å²) >= 11 is 12.9. The number of nitrogens with one attached hydrogen (secondary N) is 2. The van der Waals surface area contributed by atoms with Crippen molar-refractivity contribution in [1.82, 2.24) is 15.2 Å². The molecule has 0 unspecified atom stereocenters. The van der Waals surface area contributed by atoms with Gasteiger partial charge in [-0.2, -0.15) is 0 Å². The second kappa shape index (κ2) is 8.38. The number of nitro groups is 1. The van der Waals surface area contributed by atoms with E-state index in [1.807, 2.05) is 0 Å². The fraction of sp³-hybridized carbons (Fsp3) is 0.0625. The highest BCUT2D eigenvalue weighted by Gasteiger charge is 2.13. The predicted octanol–water partition coefficient (Wildman–Crippen LogP) is 4.42. The van der Waals surface area contributed by atoms with Crippen LogP contribution in [0.4, 0.5) is 11.4 Å². The van der Waals surface area contributed by atoms with Crippen molar-refractivity contribution < 1.29 is 9.72 Å². The number of nitrogens with zero attached hydrogens (tertiary/aromatic N) is 3. The molecule has 8 nitrogen and oxygen atoms in total. The monoisotopic (exact) mass is 423 g/mol. The van der Waals surface area contributed by atoms with Gasteiger partial charge in [0, 0.05) is 22.7 Å². The van der Waals surface area contributed by atoms with E-state index in [1.165, 1.54) is 18.2 Å². The van der Waals surface area contributed by atoms with E-state index in [2.05, 4.69) is 20.5 Å². The maximum Gasteiger partial charge on any atom is 0.271 e. The van der Waals surface area contributed by atoms with Crippen LogP contribution in [-0.4, -0.2) is 31.8 Å². The van der Waals surface area contributed by atoms with Crippen LogP contribution < -0.4 is 5.32 Å². The van der Waals surface area contributed by atoms with Crippen molar-refractivity contribution in [3.63, 3.8) is 0 Å².